The molecule has 0 aromatic heterocycles. The summed E-state index contributed by atoms with van der Waals surface area (Å²) in [5, 5.41) is 10.5. The number of benzene rings is 1. The van der Waals surface area contributed by atoms with E-state index in [1.165, 1.54) is 12.1 Å². The topological polar surface area (TPSA) is 43.1 Å². The van der Waals surface area contributed by atoms with Crippen LogP contribution in [0.4, 0.5) is 10.1 Å². The summed E-state index contributed by atoms with van der Waals surface area (Å²) < 4.78 is 13.0. The van der Waals surface area contributed by atoms with E-state index in [4.69, 9.17) is 6.42 Å². The van der Waals surface area contributed by atoms with Crippen molar-refractivity contribution in [2.24, 2.45) is 0 Å². The molecule has 0 saturated heterocycles. The highest BCUT2D eigenvalue weighted by Crippen LogP contribution is 2.27. The van der Waals surface area contributed by atoms with Gasteiger partial charge in [0.15, 0.2) is 0 Å². The molecule has 0 spiro atoms. The second-order valence-electron chi connectivity index (χ2n) is 3.69. The van der Waals surface area contributed by atoms with Gasteiger partial charge in [-0.15, -0.1) is 6.42 Å². The number of hydrogen-bond acceptors (Lipinski definition) is 2. The molecule has 1 aromatic carbocycles. The highest BCUT2D eigenvalue weighted by molar-refractivity contribution is 5.42. The number of terminal acetylenes is 1. The molecule has 0 N–H and O–H groups in total. The number of nitro groups is 1. The lowest BCUT2D eigenvalue weighted by atomic mass is 9.85. The second kappa shape index (κ2) is 3.70. The van der Waals surface area contributed by atoms with E-state index in [9.17, 15) is 14.5 Å². The Labute approximate surface area is 87.1 Å². The summed E-state index contributed by atoms with van der Waals surface area (Å²) in [6.07, 6.45) is 5.29. The lowest BCUT2D eigenvalue weighted by Crippen LogP contribution is -2.14. The van der Waals surface area contributed by atoms with Crippen molar-refractivity contribution in [1.29, 1.82) is 0 Å². The van der Waals surface area contributed by atoms with Crippen LogP contribution >= 0.6 is 0 Å². The predicted octanol–water partition coefficient (Wildman–Crippen LogP) is 2.64. The number of nitrogens with zero attached hydrogens (tertiary/aromatic N) is 1. The van der Waals surface area contributed by atoms with E-state index in [-0.39, 0.29) is 0 Å². The van der Waals surface area contributed by atoms with Crippen LogP contribution in [0.1, 0.15) is 19.4 Å². The molecule has 0 atom stereocenters. The van der Waals surface area contributed by atoms with Crippen molar-refractivity contribution in [1.82, 2.24) is 0 Å². The van der Waals surface area contributed by atoms with Gasteiger partial charge < -0.3 is 0 Å². The third kappa shape index (κ3) is 2.13. The Kier molecular flexibility index (Phi) is 2.76. The molecular formula is C11H10FNO2. The summed E-state index contributed by atoms with van der Waals surface area (Å²) in [6, 6.07) is 3.70. The lowest BCUT2D eigenvalue weighted by Gasteiger charge is -2.17. The van der Waals surface area contributed by atoms with Crippen molar-refractivity contribution in [3.8, 4) is 12.3 Å². The fraction of sp³-hybridized carbons (Fsp3) is 0.273. The van der Waals surface area contributed by atoms with Crippen LogP contribution in [-0.2, 0) is 5.41 Å². The van der Waals surface area contributed by atoms with Gasteiger partial charge in [0.25, 0.3) is 0 Å². The lowest BCUT2D eigenvalue weighted by molar-refractivity contribution is -0.387. The van der Waals surface area contributed by atoms with Crippen LogP contribution in [0.5, 0.6) is 0 Å². The van der Waals surface area contributed by atoms with E-state index in [2.05, 4.69) is 5.92 Å². The Morgan fingerprint density at radius 3 is 2.60 bits per heavy atom. The molecule has 0 radical (unpaired) electrons. The summed E-state index contributed by atoms with van der Waals surface area (Å²) >= 11 is 0. The SMILES string of the molecule is C#CC(C)(C)c1ccc(F)c([N+](=O)[O-])c1. The van der Waals surface area contributed by atoms with Crippen LogP contribution < -0.4 is 0 Å². The normalized spacial score (nSPS) is 10.8. The number of halogens is 1. The molecule has 1 aromatic rings. The van der Waals surface area contributed by atoms with Gasteiger partial charge in [-0.05, 0) is 25.5 Å². The molecular weight excluding hydrogens is 197 g/mol. The van der Waals surface area contributed by atoms with Crippen molar-refractivity contribution in [3.63, 3.8) is 0 Å². The van der Waals surface area contributed by atoms with Crippen LogP contribution in [0, 0.1) is 28.3 Å². The number of hydrogen-bond donors (Lipinski definition) is 0. The first-order valence-electron chi connectivity index (χ1n) is 4.30. The third-order valence-corrected chi connectivity index (χ3v) is 2.23. The van der Waals surface area contributed by atoms with Gasteiger partial charge >= 0.3 is 5.69 Å². The largest absolute Gasteiger partial charge is 0.305 e. The first kappa shape index (κ1) is 11.2. The van der Waals surface area contributed by atoms with E-state index in [0.29, 0.717) is 5.56 Å². The minimum Gasteiger partial charge on any atom is -0.258 e. The van der Waals surface area contributed by atoms with E-state index < -0.39 is 21.8 Å². The van der Waals surface area contributed by atoms with E-state index in [0.717, 1.165) is 6.07 Å². The minimum atomic E-state index is -0.850. The smallest absolute Gasteiger partial charge is 0.258 e. The van der Waals surface area contributed by atoms with Crippen molar-refractivity contribution < 1.29 is 9.31 Å². The molecule has 0 bridgehead atoms. The van der Waals surface area contributed by atoms with Gasteiger partial charge in [-0.3, -0.25) is 10.1 Å². The van der Waals surface area contributed by atoms with Gasteiger partial charge in [0, 0.05) is 6.07 Å². The summed E-state index contributed by atoms with van der Waals surface area (Å²) in [5.41, 5.74) is -0.632. The highest BCUT2D eigenvalue weighted by Gasteiger charge is 2.22. The summed E-state index contributed by atoms with van der Waals surface area (Å²) in [4.78, 5) is 9.74. The molecule has 4 heteroatoms. The minimum absolute atomic E-state index is 0.546. The molecule has 0 amide bonds. The summed E-state index contributed by atoms with van der Waals surface area (Å²) in [7, 11) is 0. The van der Waals surface area contributed by atoms with Crippen LogP contribution in [0.15, 0.2) is 18.2 Å². The molecule has 15 heavy (non-hydrogen) atoms. The van der Waals surface area contributed by atoms with Gasteiger partial charge in [-0.2, -0.15) is 4.39 Å². The summed E-state index contributed by atoms with van der Waals surface area (Å²) in [6.45, 7) is 3.48. The van der Waals surface area contributed by atoms with Crippen molar-refractivity contribution in [2.45, 2.75) is 19.3 Å². The molecule has 1 rings (SSSR count). The Hall–Kier alpha value is -1.89. The average molecular weight is 207 g/mol. The Morgan fingerprint density at radius 1 is 1.53 bits per heavy atom. The average Bonchev–Trinajstić information content (AvgIpc) is 2.17. The fourth-order valence-corrected chi connectivity index (χ4v) is 1.12. The van der Waals surface area contributed by atoms with Gasteiger partial charge in [0.05, 0.1) is 10.3 Å². The maximum atomic E-state index is 13.0. The Bertz CT molecular complexity index is 446. The zero-order valence-corrected chi connectivity index (χ0v) is 8.45. The van der Waals surface area contributed by atoms with Crippen LogP contribution in [-0.4, -0.2) is 4.92 Å². The molecule has 0 aliphatic rings. The van der Waals surface area contributed by atoms with Crippen LogP contribution in [0.2, 0.25) is 0 Å². The highest BCUT2D eigenvalue weighted by atomic mass is 19.1. The van der Waals surface area contributed by atoms with Crippen LogP contribution in [0.3, 0.4) is 0 Å². The van der Waals surface area contributed by atoms with Gasteiger partial charge in [-0.25, -0.2) is 0 Å². The van der Waals surface area contributed by atoms with Crippen LogP contribution in [0.25, 0.3) is 0 Å². The molecule has 0 unspecified atom stereocenters. The van der Waals surface area contributed by atoms with E-state index in [1.807, 2.05) is 0 Å². The van der Waals surface area contributed by atoms with Crippen molar-refractivity contribution in [3.05, 3.63) is 39.7 Å². The monoisotopic (exact) mass is 207 g/mol. The van der Waals surface area contributed by atoms with E-state index in [1.54, 1.807) is 13.8 Å². The molecule has 0 saturated carbocycles. The maximum Gasteiger partial charge on any atom is 0.305 e. The fourth-order valence-electron chi connectivity index (χ4n) is 1.12. The predicted molar refractivity (Wildman–Crippen MR) is 54.9 cm³/mol. The zero-order chi connectivity index (χ0) is 11.6. The first-order valence-corrected chi connectivity index (χ1v) is 4.30. The molecule has 0 aliphatic carbocycles. The molecule has 0 heterocycles. The van der Waals surface area contributed by atoms with E-state index >= 15 is 0 Å². The number of rotatable bonds is 2. The van der Waals surface area contributed by atoms with Crippen molar-refractivity contribution in [2.75, 3.05) is 0 Å². The standard InChI is InChI=1S/C11H10FNO2/c1-4-11(2,3)8-5-6-9(12)10(7-8)13(14)15/h1,5-7H,2-3H3. The Morgan fingerprint density at radius 2 is 2.13 bits per heavy atom. The third-order valence-electron chi connectivity index (χ3n) is 2.23. The van der Waals surface area contributed by atoms with Gasteiger partial charge in [0.1, 0.15) is 0 Å². The zero-order valence-electron chi connectivity index (χ0n) is 8.45. The Balaban J connectivity index is 3.33. The molecule has 0 fully saturated rings. The van der Waals surface area contributed by atoms with Gasteiger partial charge in [-0.1, -0.05) is 12.0 Å². The van der Waals surface area contributed by atoms with Gasteiger partial charge in [0.2, 0.25) is 5.82 Å². The quantitative estimate of drug-likeness (QED) is 0.425. The summed E-state index contributed by atoms with van der Waals surface area (Å²) in [5.74, 6) is 1.65. The number of nitro benzene ring substituents is 1. The molecule has 3 nitrogen and oxygen atoms in total. The second-order valence-corrected chi connectivity index (χ2v) is 3.69. The molecule has 78 valence electrons. The maximum absolute atomic E-state index is 13.0. The van der Waals surface area contributed by atoms with Crippen molar-refractivity contribution >= 4 is 5.69 Å². The first-order chi connectivity index (χ1) is 6.88. The molecule has 0 aliphatic heterocycles.